The van der Waals surface area contributed by atoms with Gasteiger partial charge in [-0.25, -0.2) is 0 Å². The number of hydrogen-bond donors (Lipinski definition) is 0. The summed E-state index contributed by atoms with van der Waals surface area (Å²) in [5.41, 5.74) is 11.1. The van der Waals surface area contributed by atoms with Crippen molar-refractivity contribution in [3.05, 3.63) is 158 Å². The van der Waals surface area contributed by atoms with Gasteiger partial charge in [-0.15, -0.1) is 0 Å². The lowest BCUT2D eigenvalue weighted by molar-refractivity contribution is 1.28. The molecule has 0 aliphatic rings. The van der Waals surface area contributed by atoms with E-state index < -0.39 is 0 Å². The van der Waals surface area contributed by atoms with Crippen LogP contribution in [0.15, 0.2) is 158 Å². The van der Waals surface area contributed by atoms with E-state index >= 15 is 0 Å². The van der Waals surface area contributed by atoms with E-state index in [0.717, 1.165) is 33.7 Å². The predicted molar refractivity (Wildman–Crippen MR) is 163 cm³/mol. The van der Waals surface area contributed by atoms with Gasteiger partial charge in [0.05, 0.1) is 5.69 Å². The molecule has 0 saturated carbocycles. The molecule has 0 aromatic heterocycles. The Kier molecular flexibility index (Phi) is 6.61. The topological polar surface area (TPSA) is 3.24 Å². The number of para-hydroxylation sites is 2. The molecule has 6 aromatic rings. The molecule has 0 unspecified atom stereocenters. The molecule has 0 atom stereocenters. The highest BCUT2D eigenvalue weighted by molar-refractivity contribution is 6.32. The van der Waals surface area contributed by atoms with Crippen LogP contribution in [-0.4, -0.2) is 7.85 Å². The van der Waals surface area contributed by atoms with Gasteiger partial charge in [0.15, 0.2) is 0 Å². The predicted octanol–water partition coefficient (Wildman–Crippen LogP) is 8.95. The summed E-state index contributed by atoms with van der Waals surface area (Å²) >= 11 is 0. The van der Waals surface area contributed by atoms with Crippen molar-refractivity contribution < 1.29 is 0 Å². The second kappa shape index (κ2) is 10.7. The number of hydrogen-bond acceptors (Lipinski definition) is 1. The fourth-order valence-corrected chi connectivity index (χ4v) is 4.93. The first-order valence-electron chi connectivity index (χ1n) is 12.8. The van der Waals surface area contributed by atoms with Crippen molar-refractivity contribution >= 4 is 30.4 Å². The molecule has 0 N–H and O–H groups in total. The third-order valence-corrected chi connectivity index (χ3v) is 6.79. The fourth-order valence-electron chi connectivity index (χ4n) is 4.93. The van der Waals surface area contributed by atoms with Gasteiger partial charge in [-0.05, 0) is 58.1 Å². The summed E-state index contributed by atoms with van der Waals surface area (Å²) in [7, 11) is 6.16. The lowest BCUT2D eigenvalue weighted by Gasteiger charge is -2.28. The summed E-state index contributed by atoms with van der Waals surface area (Å²) in [5.74, 6) is 0. The first-order chi connectivity index (χ1) is 18.8. The Morgan fingerprint density at radius 3 is 1.63 bits per heavy atom. The molecule has 0 aliphatic carbocycles. The minimum Gasteiger partial charge on any atom is -0.310 e. The number of anilines is 3. The van der Waals surface area contributed by atoms with E-state index in [1.165, 1.54) is 22.3 Å². The Morgan fingerprint density at radius 1 is 0.368 bits per heavy atom. The second-order valence-electron chi connectivity index (χ2n) is 9.31. The molecule has 6 rings (SSSR count). The van der Waals surface area contributed by atoms with Gasteiger partial charge in [0, 0.05) is 16.9 Å². The molecule has 0 bridgehead atoms. The molecule has 0 saturated heterocycles. The summed E-state index contributed by atoms with van der Waals surface area (Å²) in [6, 6.07) is 55.1. The largest absolute Gasteiger partial charge is 0.310 e. The standard InChI is InChI=1S/C36H26BN/c37-32-15-9-14-31(25-32)35-19-7-8-20-36(35)38(33-16-5-2-6-17-33)34-18-10-13-30(26-34)29-23-21-28(22-24-29)27-11-3-1-4-12-27/h1-26H. The molecule has 6 aromatic carbocycles. The highest BCUT2D eigenvalue weighted by Gasteiger charge is 2.17. The summed E-state index contributed by atoms with van der Waals surface area (Å²) in [6.45, 7) is 0. The molecule has 0 heterocycles. The zero-order valence-electron chi connectivity index (χ0n) is 21.0. The maximum atomic E-state index is 6.16. The van der Waals surface area contributed by atoms with Crippen LogP contribution in [0.1, 0.15) is 0 Å². The maximum Gasteiger partial charge on any atom is 0.113 e. The summed E-state index contributed by atoms with van der Waals surface area (Å²) in [6.07, 6.45) is 0. The van der Waals surface area contributed by atoms with E-state index in [2.05, 4.69) is 138 Å². The monoisotopic (exact) mass is 483 g/mol. The Bertz CT molecular complexity index is 1660. The van der Waals surface area contributed by atoms with E-state index in [-0.39, 0.29) is 0 Å². The minimum absolute atomic E-state index is 0.754. The SMILES string of the molecule is [B]c1cccc(-c2ccccc2N(c2ccccc2)c2cccc(-c3ccc(-c4ccccc4)cc3)c2)c1. The van der Waals surface area contributed by atoms with Gasteiger partial charge in [-0.1, -0.05) is 133 Å². The van der Waals surface area contributed by atoms with Crippen LogP contribution in [0.2, 0.25) is 0 Å². The highest BCUT2D eigenvalue weighted by Crippen LogP contribution is 2.41. The Hall–Kier alpha value is -4.82. The Balaban J connectivity index is 1.45. The molecule has 178 valence electrons. The van der Waals surface area contributed by atoms with E-state index in [1.807, 2.05) is 24.3 Å². The summed E-state index contributed by atoms with van der Waals surface area (Å²) < 4.78 is 0. The van der Waals surface area contributed by atoms with E-state index in [4.69, 9.17) is 7.85 Å². The highest BCUT2D eigenvalue weighted by atomic mass is 15.1. The average Bonchev–Trinajstić information content (AvgIpc) is 2.99. The van der Waals surface area contributed by atoms with E-state index in [0.29, 0.717) is 0 Å². The van der Waals surface area contributed by atoms with Gasteiger partial charge in [0.1, 0.15) is 7.85 Å². The lowest BCUT2D eigenvalue weighted by Crippen LogP contribution is -2.11. The van der Waals surface area contributed by atoms with Crippen molar-refractivity contribution in [2.75, 3.05) is 4.90 Å². The van der Waals surface area contributed by atoms with Crippen LogP contribution < -0.4 is 10.4 Å². The minimum atomic E-state index is 0.754. The molecular weight excluding hydrogens is 457 g/mol. The average molecular weight is 483 g/mol. The van der Waals surface area contributed by atoms with Gasteiger partial charge >= 0.3 is 0 Å². The molecule has 1 nitrogen and oxygen atoms in total. The normalized spacial score (nSPS) is 10.7. The van der Waals surface area contributed by atoms with Crippen molar-refractivity contribution in [2.45, 2.75) is 0 Å². The van der Waals surface area contributed by atoms with Crippen molar-refractivity contribution in [2.24, 2.45) is 0 Å². The Morgan fingerprint density at radius 2 is 0.895 bits per heavy atom. The number of benzene rings is 6. The van der Waals surface area contributed by atoms with Crippen LogP contribution in [0, 0.1) is 0 Å². The van der Waals surface area contributed by atoms with Crippen LogP contribution in [0.4, 0.5) is 17.1 Å². The number of nitrogens with zero attached hydrogens (tertiary/aromatic N) is 1. The van der Waals surface area contributed by atoms with E-state index in [1.54, 1.807) is 0 Å². The van der Waals surface area contributed by atoms with Crippen LogP contribution in [0.25, 0.3) is 33.4 Å². The fraction of sp³-hybridized carbons (Fsp3) is 0. The van der Waals surface area contributed by atoms with Crippen LogP contribution >= 0.6 is 0 Å². The van der Waals surface area contributed by atoms with Gasteiger partial charge < -0.3 is 4.90 Å². The molecular formula is C36H26BN. The Labute approximate surface area is 226 Å². The van der Waals surface area contributed by atoms with Gasteiger partial charge in [-0.3, -0.25) is 0 Å². The van der Waals surface area contributed by atoms with Crippen molar-refractivity contribution in [3.8, 4) is 33.4 Å². The smallest absolute Gasteiger partial charge is 0.113 e. The number of rotatable bonds is 6. The van der Waals surface area contributed by atoms with Crippen molar-refractivity contribution in [3.63, 3.8) is 0 Å². The molecule has 0 fully saturated rings. The van der Waals surface area contributed by atoms with Crippen LogP contribution in [0.5, 0.6) is 0 Å². The molecule has 2 radical (unpaired) electrons. The zero-order valence-corrected chi connectivity index (χ0v) is 21.0. The summed E-state index contributed by atoms with van der Waals surface area (Å²) in [4.78, 5) is 2.32. The quantitative estimate of drug-likeness (QED) is 0.214. The molecule has 2 heteroatoms. The first kappa shape index (κ1) is 23.6. The zero-order chi connectivity index (χ0) is 25.7. The van der Waals surface area contributed by atoms with Crippen LogP contribution in [0.3, 0.4) is 0 Å². The molecule has 0 aliphatic heterocycles. The third kappa shape index (κ3) is 4.90. The van der Waals surface area contributed by atoms with Crippen molar-refractivity contribution in [1.82, 2.24) is 0 Å². The van der Waals surface area contributed by atoms with Crippen LogP contribution in [-0.2, 0) is 0 Å². The van der Waals surface area contributed by atoms with E-state index in [9.17, 15) is 0 Å². The maximum absolute atomic E-state index is 6.16. The molecule has 38 heavy (non-hydrogen) atoms. The second-order valence-corrected chi connectivity index (χ2v) is 9.31. The lowest BCUT2D eigenvalue weighted by atomic mass is 9.91. The third-order valence-electron chi connectivity index (χ3n) is 6.79. The van der Waals surface area contributed by atoms with Gasteiger partial charge in [-0.2, -0.15) is 0 Å². The van der Waals surface area contributed by atoms with Gasteiger partial charge in [0.25, 0.3) is 0 Å². The van der Waals surface area contributed by atoms with Gasteiger partial charge in [0.2, 0.25) is 0 Å². The summed E-state index contributed by atoms with van der Waals surface area (Å²) in [5, 5.41) is 0. The molecule has 0 spiro atoms. The molecule has 0 amide bonds. The van der Waals surface area contributed by atoms with Crippen molar-refractivity contribution in [1.29, 1.82) is 0 Å². The first-order valence-corrected chi connectivity index (χ1v) is 12.8.